The average molecular weight is 322 g/mol. The third-order valence-electron chi connectivity index (χ3n) is 2.97. The van der Waals surface area contributed by atoms with E-state index in [4.69, 9.17) is 0 Å². The van der Waals surface area contributed by atoms with Gasteiger partial charge in [-0.15, -0.1) is 22.7 Å². The number of hydrogen-bond acceptors (Lipinski definition) is 4. The zero-order valence-corrected chi connectivity index (χ0v) is 13.4. The second-order valence-corrected chi connectivity index (χ2v) is 6.32. The lowest BCUT2D eigenvalue weighted by Crippen LogP contribution is -1.71. The molecule has 108 valence electrons. The maximum atomic E-state index is 3.96. The van der Waals surface area contributed by atoms with E-state index in [1.165, 1.54) is 20.9 Å². The molecule has 4 heterocycles. The van der Waals surface area contributed by atoms with Crippen LogP contribution in [0.15, 0.2) is 84.1 Å². The van der Waals surface area contributed by atoms with Gasteiger partial charge in [0, 0.05) is 34.5 Å². The normalized spacial score (nSPS) is 9.82. The molecule has 0 saturated carbocycles. The van der Waals surface area contributed by atoms with Crippen molar-refractivity contribution in [2.45, 2.75) is 0 Å². The summed E-state index contributed by atoms with van der Waals surface area (Å²) in [5, 5.41) is 4.16. The van der Waals surface area contributed by atoms with Gasteiger partial charge < -0.3 is 0 Å². The van der Waals surface area contributed by atoms with E-state index in [0.29, 0.717) is 0 Å². The van der Waals surface area contributed by atoms with Crippen molar-refractivity contribution < 1.29 is 0 Å². The van der Waals surface area contributed by atoms with E-state index in [2.05, 4.69) is 45.0 Å². The van der Waals surface area contributed by atoms with Gasteiger partial charge >= 0.3 is 0 Å². The van der Waals surface area contributed by atoms with Crippen LogP contribution in [-0.2, 0) is 0 Å². The van der Waals surface area contributed by atoms with Crippen LogP contribution in [0.5, 0.6) is 0 Å². The fourth-order valence-electron chi connectivity index (χ4n) is 1.92. The molecule has 22 heavy (non-hydrogen) atoms. The molecule has 0 radical (unpaired) electrons. The van der Waals surface area contributed by atoms with Crippen molar-refractivity contribution in [1.82, 2.24) is 9.97 Å². The van der Waals surface area contributed by atoms with Gasteiger partial charge in [0.05, 0.1) is 0 Å². The Bertz CT molecular complexity index is 695. The predicted molar refractivity (Wildman–Crippen MR) is 95.1 cm³/mol. The fraction of sp³-hybridized carbons (Fsp3) is 0. The summed E-state index contributed by atoms with van der Waals surface area (Å²) in [5.74, 6) is 0. The molecule has 4 heteroatoms. The van der Waals surface area contributed by atoms with Gasteiger partial charge in [-0.2, -0.15) is 0 Å². The molecule has 0 fully saturated rings. The van der Waals surface area contributed by atoms with Gasteiger partial charge in [0.25, 0.3) is 0 Å². The summed E-state index contributed by atoms with van der Waals surface area (Å²) in [4.78, 5) is 10.5. The molecule has 0 amide bonds. The van der Waals surface area contributed by atoms with E-state index in [1.807, 2.05) is 49.1 Å². The first-order valence-corrected chi connectivity index (χ1v) is 8.57. The van der Waals surface area contributed by atoms with Gasteiger partial charge in [0.15, 0.2) is 0 Å². The van der Waals surface area contributed by atoms with Crippen molar-refractivity contribution in [1.29, 1.82) is 0 Å². The molecule has 4 aromatic heterocycles. The van der Waals surface area contributed by atoms with E-state index >= 15 is 0 Å². The van der Waals surface area contributed by atoms with Crippen molar-refractivity contribution in [3.05, 3.63) is 84.1 Å². The van der Waals surface area contributed by atoms with Gasteiger partial charge in [-0.05, 0) is 58.3 Å². The Kier molecular flexibility index (Phi) is 5.08. The lowest BCUT2D eigenvalue weighted by Gasteiger charge is -1.92. The lowest BCUT2D eigenvalue weighted by molar-refractivity contribution is 1.33. The molecule has 0 aliphatic heterocycles. The molecule has 0 aliphatic carbocycles. The Morgan fingerprint density at radius 2 is 0.955 bits per heavy atom. The molecule has 0 spiro atoms. The van der Waals surface area contributed by atoms with E-state index in [9.17, 15) is 0 Å². The van der Waals surface area contributed by atoms with Crippen molar-refractivity contribution in [3.8, 4) is 20.9 Å². The van der Waals surface area contributed by atoms with Gasteiger partial charge in [-0.25, -0.2) is 0 Å². The minimum atomic E-state index is 1.25. The highest BCUT2D eigenvalue weighted by molar-refractivity contribution is 7.13. The van der Waals surface area contributed by atoms with Crippen molar-refractivity contribution in [3.63, 3.8) is 0 Å². The number of rotatable bonds is 2. The molecule has 0 N–H and O–H groups in total. The summed E-state index contributed by atoms with van der Waals surface area (Å²) < 4.78 is 0. The highest BCUT2D eigenvalue weighted by atomic mass is 32.1. The molecule has 0 aromatic carbocycles. The summed E-state index contributed by atoms with van der Waals surface area (Å²) in [7, 11) is 0. The number of hydrogen-bond donors (Lipinski definition) is 0. The largest absolute Gasteiger partial charge is 0.265 e. The Hall–Kier alpha value is -2.30. The monoisotopic (exact) mass is 322 g/mol. The van der Waals surface area contributed by atoms with Gasteiger partial charge in [-0.1, -0.05) is 12.1 Å². The zero-order valence-electron chi connectivity index (χ0n) is 11.8. The smallest absolute Gasteiger partial charge is 0.0343 e. The van der Waals surface area contributed by atoms with Crippen LogP contribution in [0.2, 0.25) is 0 Å². The number of thiophene rings is 2. The Morgan fingerprint density at radius 3 is 1.27 bits per heavy atom. The number of pyridine rings is 2. The molecular formula is C18H14N2S2. The topological polar surface area (TPSA) is 25.8 Å². The minimum Gasteiger partial charge on any atom is -0.265 e. The second kappa shape index (κ2) is 7.64. The molecule has 0 bridgehead atoms. The number of nitrogens with zero attached hydrogens (tertiary/aromatic N) is 2. The fourth-order valence-corrected chi connectivity index (χ4v) is 3.38. The van der Waals surface area contributed by atoms with E-state index < -0.39 is 0 Å². The first kappa shape index (κ1) is 14.6. The van der Waals surface area contributed by atoms with Crippen molar-refractivity contribution >= 4 is 22.7 Å². The molecule has 0 aliphatic rings. The summed E-state index contributed by atoms with van der Waals surface area (Å²) in [6, 6.07) is 16.4. The third-order valence-corrected chi connectivity index (χ3v) is 4.81. The van der Waals surface area contributed by atoms with Gasteiger partial charge in [0.1, 0.15) is 0 Å². The molecule has 4 rings (SSSR count). The Morgan fingerprint density at radius 1 is 0.545 bits per heavy atom. The van der Waals surface area contributed by atoms with Crippen LogP contribution in [0.1, 0.15) is 0 Å². The van der Waals surface area contributed by atoms with Gasteiger partial charge in [-0.3, -0.25) is 9.97 Å². The first-order chi connectivity index (χ1) is 10.9. The van der Waals surface area contributed by atoms with Crippen LogP contribution in [0.25, 0.3) is 20.9 Å². The van der Waals surface area contributed by atoms with E-state index in [1.54, 1.807) is 22.7 Å². The van der Waals surface area contributed by atoms with Gasteiger partial charge in [0.2, 0.25) is 0 Å². The molecule has 2 nitrogen and oxygen atoms in total. The Balaban J connectivity index is 0.000000131. The summed E-state index contributed by atoms with van der Waals surface area (Å²) in [6.07, 6.45) is 7.26. The molecule has 0 saturated heterocycles. The Labute approximate surface area is 137 Å². The maximum absolute atomic E-state index is 3.96. The summed E-state index contributed by atoms with van der Waals surface area (Å²) in [5.41, 5.74) is 2.49. The number of aromatic nitrogens is 2. The first-order valence-electron chi connectivity index (χ1n) is 6.81. The summed E-state index contributed by atoms with van der Waals surface area (Å²) >= 11 is 3.50. The van der Waals surface area contributed by atoms with Crippen molar-refractivity contribution in [2.24, 2.45) is 0 Å². The van der Waals surface area contributed by atoms with Crippen LogP contribution in [0, 0.1) is 0 Å². The molecular weight excluding hydrogens is 308 g/mol. The molecule has 0 unspecified atom stereocenters. The highest BCUT2D eigenvalue weighted by Crippen LogP contribution is 2.23. The molecule has 4 aromatic rings. The zero-order chi connectivity index (χ0) is 15.0. The van der Waals surface area contributed by atoms with Crippen LogP contribution in [-0.4, -0.2) is 9.97 Å². The van der Waals surface area contributed by atoms with Crippen LogP contribution in [0.3, 0.4) is 0 Å². The SMILES string of the molecule is c1csc(-c2ccncc2)c1.c1csc(-c2ccncc2)c1. The summed E-state index contributed by atoms with van der Waals surface area (Å²) in [6.45, 7) is 0. The molecule has 0 atom stereocenters. The quantitative estimate of drug-likeness (QED) is 0.478. The van der Waals surface area contributed by atoms with E-state index in [-0.39, 0.29) is 0 Å². The minimum absolute atomic E-state index is 1.25. The van der Waals surface area contributed by atoms with Crippen LogP contribution >= 0.6 is 22.7 Å². The van der Waals surface area contributed by atoms with Crippen molar-refractivity contribution in [2.75, 3.05) is 0 Å². The average Bonchev–Trinajstić information content (AvgIpc) is 3.31. The second-order valence-electron chi connectivity index (χ2n) is 4.43. The maximum Gasteiger partial charge on any atom is 0.0343 e. The third kappa shape index (κ3) is 3.87. The van der Waals surface area contributed by atoms with Crippen LogP contribution < -0.4 is 0 Å². The van der Waals surface area contributed by atoms with E-state index in [0.717, 1.165) is 0 Å². The van der Waals surface area contributed by atoms with Crippen LogP contribution in [0.4, 0.5) is 0 Å². The highest BCUT2D eigenvalue weighted by Gasteiger charge is 1.95. The standard InChI is InChI=1S/2C9H7NS/c2*1-2-9(11-7-1)8-3-5-10-6-4-8/h2*1-7H. The predicted octanol–water partition coefficient (Wildman–Crippen LogP) is 5.62. The lowest BCUT2D eigenvalue weighted by atomic mass is 10.2.